The first-order chi connectivity index (χ1) is 10.5. The second-order valence-corrected chi connectivity index (χ2v) is 6.46. The van der Waals surface area contributed by atoms with Crippen molar-refractivity contribution >= 4 is 23.2 Å². The summed E-state index contributed by atoms with van der Waals surface area (Å²) in [6.07, 6.45) is 4.29. The third kappa shape index (κ3) is 2.57. The van der Waals surface area contributed by atoms with Gasteiger partial charge in [0.15, 0.2) is 0 Å². The van der Waals surface area contributed by atoms with Crippen LogP contribution in [0, 0.1) is 0 Å². The van der Waals surface area contributed by atoms with E-state index in [4.69, 9.17) is 4.99 Å². The van der Waals surface area contributed by atoms with Crippen LogP contribution in [0.15, 0.2) is 59.6 Å². The van der Waals surface area contributed by atoms with Crippen LogP contribution in [0.25, 0.3) is 6.08 Å². The Balaban J connectivity index is 1.85. The van der Waals surface area contributed by atoms with Crippen molar-refractivity contribution in [2.24, 2.45) is 4.99 Å². The second-order valence-electron chi connectivity index (χ2n) is 6.46. The first kappa shape index (κ1) is 14.6. The molecule has 0 saturated heterocycles. The number of para-hydroxylation sites is 1. The Morgan fingerprint density at radius 2 is 1.59 bits per heavy atom. The van der Waals surface area contributed by atoms with Crippen molar-refractivity contribution in [3.05, 3.63) is 65.7 Å². The summed E-state index contributed by atoms with van der Waals surface area (Å²) < 4.78 is 0. The number of anilines is 1. The van der Waals surface area contributed by atoms with E-state index in [2.05, 4.69) is 87.5 Å². The Bertz CT molecular complexity index is 735. The first-order valence-corrected chi connectivity index (χ1v) is 7.62. The highest BCUT2D eigenvalue weighted by Gasteiger charge is 2.32. The van der Waals surface area contributed by atoms with E-state index in [0.717, 1.165) is 11.4 Å². The summed E-state index contributed by atoms with van der Waals surface area (Å²) in [6.45, 7) is 4.47. The Morgan fingerprint density at radius 3 is 2.23 bits per heavy atom. The van der Waals surface area contributed by atoms with Gasteiger partial charge >= 0.3 is 0 Å². The molecule has 0 aromatic heterocycles. The molecule has 1 heterocycles. The van der Waals surface area contributed by atoms with Gasteiger partial charge in [0.1, 0.15) is 0 Å². The van der Waals surface area contributed by atoms with Gasteiger partial charge in [0.25, 0.3) is 0 Å². The number of hydrogen-bond donors (Lipinski definition) is 0. The molecule has 0 bridgehead atoms. The molecule has 0 unspecified atom stereocenters. The lowest BCUT2D eigenvalue weighted by Crippen LogP contribution is -2.23. The molecule has 0 fully saturated rings. The van der Waals surface area contributed by atoms with Crippen molar-refractivity contribution in [2.45, 2.75) is 19.3 Å². The molecule has 0 atom stereocenters. The van der Waals surface area contributed by atoms with Crippen LogP contribution >= 0.6 is 0 Å². The van der Waals surface area contributed by atoms with Crippen LogP contribution in [-0.4, -0.2) is 19.8 Å². The van der Waals surface area contributed by atoms with Gasteiger partial charge in [-0.15, -0.1) is 0 Å². The van der Waals surface area contributed by atoms with Crippen molar-refractivity contribution in [3.63, 3.8) is 0 Å². The van der Waals surface area contributed by atoms with Crippen LogP contribution < -0.4 is 4.90 Å². The fraction of sp³-hybridized carbons (Fsp3) is 0.250. The largest absolute Gasteiger partial charge is 0.378 e. The lowest BCUT2D eigenvalue weighted by Gasteiger charge is -2.20. The molecule has 2 aromatic rings. The van der Waals surface area contributed by atoms with E-state index in [1.807, 2.05) is 6.07 Å². The molecule has 112 valence electrons. The highest BCUT2D eigenvalue weighted by Crippen LogP contribution is 2.40. The van der Waals surface area contributed by atoms with Crippen molar-refractivity contribution < 1.29 is 0 Å². The van der Waals surface area contributed by atoms with E-state index < -0.39 is 0 Å². The number of nitrogens with zero attached hydrogens (tertiary/aromatic N) is 2. The summed E-state index contributed by atoms with van der Waals surface area (Å²) in [4.78, 5) is 6.89. The zero-order chi connectivity index (χ0) is 15.7. The van der Waals surface area contributed by atoms with Gasteiger partial charge in [0, 0.05) is 25.2 Å². The molecule has 2 nitrogen and oxygen atoms in total. The van der Waals surface area contributed by atoms with Gasteiger partial charge < -0.3 is 4.90 Å². The standard InChI is InChI=1S/C20H22N2/c1-20(2)17-7-5-6-8-18(17)21-19(20)14-11-15-9-12-16(13-10-15)22(3)4/h5-14H,1-4H3/b14-11+. The molecular weight excluding hydrogens is 268 g/mol. The molecular formula is C20H22N2. The third-order valence-electron chi connectivity index (χ3n) is 4.30. The Hall–Kier alpha value is -2.35. The maximum atomic E-state index is 4.79. The maximum absolute atomic E-state index is 4.79. The molecule has 0 radical (unpaired) electrons. The fourth-order valence-electron chi connectivity index (χ4n) is 2.81. The van der Waals surface area contributed by atoms with E-state index in [9.17, 15) is 0 Å². The average Bonchev–Trinajstić information content (AvgIpc) is 2.77. The quantitative estimate of drug-likeness (QED) is 0.790. The molecule has 0 saturated carbocycles. The van der Waals surface area contributed by atoms with E-state index >= 15 is 0 Å². The normalized spacial score (nSPS) is 15.7. The molecule has 0 aliphatic carbocycles. The van der Waals surface area contributed by atoms with Crippen LogP contribution in [-0.2, 0) is 5.41 Å². The van der Waals surface area contributed by atoms with Crippen LogP contribution in [0.2, 0.25) is 0 Å². The number of aliphatic imine (C=N–C) groups is 1. The number of hydrogen-bond acceptors (Lipinski definition) is 2. The van der Waals surface area contributed by atoms with Crippen LogP contribution in [0.4, 0.5) is 11.4 Å². The molecule has 1 aliphatic heterocycles. The van der Waals surface area contributed by atoms with Gasteiger partial charge in [0.05, 0.1) is 11.4 Å². The SMILES string of the molecule is CN(C)c1ccc(/C=C/C2=Nc3ccccc3C2(C)C)cc1. The molecule has 0 amide bonds. The van der Waals surface area contributed by atoms with Crippen molar-refractivity contribution in [1.29, 1.82) is 0 Å². The third-order valence-corrected chi connectivity index (χ3v) is 4.30. The predicted molar refractivity (Wildman–Crippen MR) is 96.4 cm³/mol. The van der Waals surface area contributed by atoms with Gasteiger partial charge in [-0.25, -0.2) is 0 Å². The number of fused-ring (bicyclic) bond motifs is 1. The summed E-state index contributed by atoms with van der Waals surface area (Å²) >= 11 is 0. The molecule has 1 aliphatic rings. The average molecular weight is 290 g/mol. The van der Waals surface area contributed by atoms with Crippen molar-refractivity contribution in [3.8, 4) is 0 Å². The summed E-state index contributed by atoms with van der Waals surface area (Å²) in [7, 11) is 4.11. The highest BCUT2D eigenvalue weighted by atomic mass is 15.1. The van der Waals surface area contributed by atoms with E-state index in [1.165, 1.54) is 16.8 Å². The van der Waals surface area contributed by atoms with Crippen LogP contribution in [0.1, 0.15) is 25.0 Å². The maximum Gasteiger partial charge on any atom is 0.0674 e. The minimum Gasteiger partial charge on any atom is -0.378 e. The summed E-state index contributed by atoms with van der Waals surface area (Å²) in [5.41, 5.74) is 5.89. The van der Waals surface area contributed by atoms with E-state index in [0.29, 0.717) is 0 Å². The van der Waals surface area contributed by atoms with Gasteiger partial charge in [-0.05, 0) is 35.4 Å². The molecule has 0 spiro atoms. The van der Waals surface area contributed by atoms with E-state index in [-0.39, 0.29) is 5.41 Å². The minimum absolute atomic E-state index is 0.0311. The fourth-order valence-corrected chi connectivity index (χ4v) is 2.81. The topological polar surface area (TPSA) is 15.6 Å². The number of allylic oxidation sites excluding steroid dienone is 1. The van der Waals surface area contributed by atoms with Crippen LogP contribution in [0.5, 0.6) is 0 Å². The lowest BCUT2D eigenvalue weighted by atomic mass is 9.81. The van der Waals surface area contributed by atoms with Gasteiger partial charge in [0.2, 0.25) is 0 Å². The number of rotatable bonds is 3. The highest BCUT2D eigenvalue weighted by molar-refractivity contribution is 6.10. The Morgan fingerprint density at radius 1 is 0.909 bits per heavy atom. The van der Waals surface area contributed by atoms with Gasteiger partial charge in [-0.1, -0.05) is 50.3 Å². The van der Waals surface area contributed by atoms with Gasteiger partial charge in [-0.3, -0.25) is 4.99 Å². The van der Waals surface area contributed by atoms with E-state index in [1.54, 1.807) is 0 Å². The zero-order valence-corrected chi connectivity index (χ0v) is 13.7. The molecule has 2 aromatic carbocycles. The Kier molecular flexibility index (Phi) is 3.61. The first-order valence-electron chi connectivity index (χ1n) is 7.62. The zero-order valence-electron chi connectivity index (χ0n) is 13.7. The molecule has 0 N–H and O–H groups in total. The predicted octanol–water partition coefficient (Wildman–Crippen LogP) is 4.83. The molecule has 22 heavy (non-hydrogen) atoms. The van der Waals surface area contributed by atoms with Crippen molar-refractivity contribution in [1.82, 2.24) is 0 Å². The summed E-state index contributed by atoms with van der Waals surface area (Å²) in [5.74, 6) is 0. The van der Waals surface area contributed by atoms with Gasteiger partial charge in [-0.2, -0.15) is 0 Å². The lowest BCUT2D eigenvalue weighted by molar-refractivity contribution is 0.740. The monoisotopic (exact) mass is 290 g/mol. The molecule has 2 heteroatoms. The summed E-state index contributed by atoms with van der Waals surface area (Å²) in [5, 5.41) is 0. The van der Waals surface area contributed by atoms with Crippen LogP contribution in [0.3, 0.4) is 0 Å². The Labute approximate surface area is 132 Å². The molecule has 3 rings (SSSR count). The second kappa shape index (κ2) is 5.45. The smallest absolute Gasteiger partial charge is 0.0674 e. The summed E-state index contributed by atoms with van der Waals surface area (Å²) in [6, 6.07) is 16.9. The minimum atomic E-state index is -0.0311. The number of benzene rings is 2. The van der Waals surface area contributed by atoms with Crippen molar-refractivity contribution in [2.75, 3.05) is 19.0 Å².